The predicted octanol–water partition coefficient (Wildman–Crippen LogP) is 0.930. The van der Waals surface area contributed by atoms with E-state index < -0.39 is 40.0 Å². The van der Waals surface area contributed by atoms with Gasteiger partial charge in [-0.3, -0.25) is 4.79 Å². The number of nitriles is 1. The van der Waals surface area contributed by atoms with E-state index in [0.29, 0.717) is 17.5 Å². The van der Waals surface area contributed by atoms with Crippen LogP contribution in [-0.4, -0.2) is 29.8 Å². The van der Waals surface area contributed by atoms with Crippen LogP contribution in [0.2, 0.25) is 0 Å². The Labute approximate surface area is 145 Å². The highest BCUT2D eigenvalue weighted by Gasteiger charge is 2.30. The molecule has 0 aliphatic carbocycles. The second kappa shape index (κ2) is 9.32. The summed E-state index contributed by atoms with van der Waals surface area (Å²) >= 11 is 0. The smallest absolute Gasteiger partial charge is 0.342 e. The van der Waals surface area contributed by atoms with Gasteiger partial charge in [-0.05, 0) is 12.8 Å². The minimum absolute atomic E-state index is 0.0795. The predicted molar refractivity (Wildman–Crippen MR) is 90.4 cm³/mol. The van der Waals surface area contributed by atoms with Crippen molar-refractivity contribution in [3.63, 3.8) is 0 Å². The Kier molecular flexibility index (Phi) is 7.46. The summed E-state index contributed by atoms with van der Waals surface area (Å²) in [7, 11) is 0. The lowest BCUT2D eigenvalue weighted by Gasteiger charge is -2.15. The number of rotatable bonds is 8. The van der Waals surface area contributed by atoms with Crippen molar-refractivity contribution in [1.82, 2.24) is 4.68 Å². The molecule has 0 amide bonds. The van der Waals surface area contributed by atoms with Crippen molar-refractivity contribution in [2.75, 3.05) is 24.8 Å². The maximum atomic E-state index is 12.3. The summed E-state index contributed by atoms with van der Waals surface area (Å²) < 4.78 is 10.5. The van der Waals surface area contributed by atoms with Gasteiger partial charge in [-0.25, -0.2) is 14.3 Å². The van der Waals surface area contributed by atoms with Crippen LogP contribution in [0.5, 0.6) is 0 Å². The summed E-state index contributed by atoms with van der Waals surface area (Å²) in [4.78, 5) is 36.8. The van der Waals surface area contributed by atoms with E-state index in [-0.39, 0.29) is 13.2 Å². The summed E-state index contributed by atoms with van der Waals surface area (Å²) in [6, 6.07) is 1.59. The van der Waals surface area contributed by atoms with Crippen molar-refractivity contribution < 1.29 is 19.1 Å². The number of nitrogens with zero attached hydrogens (tertiary/aromatic N) is 2. The number of hydrogen-bond acceptors (Lipinski definition) is 8. The third kappa shape index (κ3) is 4.50. The number of anilines is 1. The normalized spacial score (nSPS) is 10.1. The molecule has 9 heteroatoms. The van der Waals surface area contributed by atoms with Crippen LogP contribution >= 0.6 is 0 Å². The molecule has 0 atom stereocenters. The second-order valence-electron chi connectivity index (χ2n) is 5.28. The van der Waals surface area contributed by atoms with Crippen molar-refractivity contribution in [3.05, 3.63) is 27.0 Å². The molecule has 9 nitrogen and oxygen atoms in total. The number of esters is 2. The Balaban J connectivity index is 3.44. The fourth-order valence-corrected chi connectivity index (χ4v) is 1.99. The molecule has 0 spiro atoms. The first-order chi connectivity index (χ1) is 11.9. The fourth-order valence-electron chi connectivity index (χ4n) is 1.99. The highest BCUT2D eigenvalue weighted by atomic mass is 16.5. The largest absolute Gasteiger partial charge is 0.462 e. The second-order valence-corrected chi connectivity index (χ2v) is 5.28. The molecule has 0 radical (unpaired) electrons. The maximum absolute atomic E-state index is 12.3. The Bertz CT molecular complexity index is 748. The van der Waals surface area contributed by atoms with Crippen LogP contribution in [0.25, 0.3) is 0 Å². The number of ether oxygens (including phenoxy) is 2. The van der Waals surface area contributed by atoms with Gasteiger partial charge in [0, 0.05) is 0 Å². The molecule has 0 fully saturated rings. The minimum Gasteiger partial charge on any atom is -0.462 e. The van der Waals surface area contributed by atoms with Gasteiger partial charge in [-0.15, -0.1) is 0 Å². The Morgan fingerprint density at radius 1 is 1.08 bits per heavy atom. The first-order valence-electron chi connectivity index (χ1n) is 7.98. The molecule has 25 heavy (non-hydrogen) atoms. The maximum Gasteiger partial charge on any atom is 0.342 e. The van der Waals surface area contributed by atoms with E-state index in [9.17, 15) is 19.6 Å². The summed E-state index contributed by atoms with van der Waals surface area (Å²) in [6.07, 6.45) is 2.76. The summed E-state index contributed by atoms with van der Waals surface area (Å²) in [6.45, 7) is 3.99. The Hall–Kier alpha value is -3.02. The van der Waals surface area contributed by atoms with E-state index in [1.165, 1.54) is 0 Å². The van der Waals surface area contributed by atoms with Crippen LogP contribution in [-0.2, 0) is 9.47 Å². The zero-order valence-corrected chi connectivity index (χ0v) is 14.3. The zero-order chi connectivity index (χ0) is 19.0. The number of nitrogens with two attached hydrogens (primary N) is 2. The summed E-state index contributed by atoms with van der Waals surface area (Å²) in [5.74, 6) is 3.12. The molecule has 1 aromatic rings. The van der Waals surface area contributed by atoms with Gasteiger partial charge in [0.1, 0.15) is 28.6 Å². The molecule has 4 N–H and O–H groups in total. The van der Waals surface area contributed by atoms with E-state index in [1.54, 1.807) is 6.07 Å². The molecular weight excluding hydrogens is 328 g/mol. The zero-order valence-electron chi connectivity index (χ0n) is 14.3. The standard InChI is InChI=1S/C16H22N4O5/c1-3-5-7-24-15(22)11-10(9-17)14(21)20(19)13(18)12(11)16(23)25-8-6-4-2/h3-8,18-19H2,1-2H3. The quantitative estimate of drug-likeness (QED) is 0.399. The molecule has 0 unspecified atom stereocenters. The van der Waals surface area contributed by atoms with Crippen LogP contribution < -0.4 is 17.1 Å². The Morgan fingerprint density at radius 2 is 1.56 bits per heavy atom. The van der Waals surface area contributed by atoms with Crippen molar-refractivity contribution in [1.29, 1.82) is 5.26 Å². The molecule has 1 heterocycles. The van der Waals surface area contributed by atoms with Crippen LogP contribution in [0, 0.1) is 11.3 Å². The van der Waals surface area contributed by atoms with Crippen LogP contribution in [0.3, 0.4) is 0 Å². The fraction of sp³-hybridized carbons (Fsp3) is 0.500. The highest BCUT2D eigenvalue weighted by molar-refractivity contribution is 6.07. The molecule has 0 aromatic carbocycles. The van der Waals surface area contributed by atoms with Crippen LogP contribution in [0.1, 0.15) is 65.8 Å². The number of carbonyl (C=O) groups excluding carboxylic acids is 2. The van der Waals surface area contributed by atoms with Crippen molar-refractivity contribution in [2.45, 2.75) is 39.5 Å². The minimum atomic E-state index is -0.993. The lowest BCUT2D eigenvalue weighted by Crippen LogP contribution is -2.36. The lowest BCUT2D eigenvalue weighted by atomic mass is 10.0. The van der Waals surface area contributed by atoms with Gasteiger partial charge >= 0.3 is 11.9 Å². The molecule has 0 aliphatic heterocycles. The van der Waals surface area contributed by atoms with E-state index in [1.807, 2.05) is 13.8 Å². The van der Waals surface area contributed by atoms with Crippen LogP contribution in [0.4, 0.5) is 5.82 Å². The Morgan fingerprint density at radius 3 is 2.00 bits per heavy atom. The van der Waals surface area contributed by atoms with E-state index in [4.69, 9.17) is 21.1 Å². The summed E-state index contributed by atoms with van der Waals surface area (Å²) in [5.41, 5.74) is 3.18. The lowest BCUT2D eigenvalue weighted by molar-refractivity contribution is 0.0452. The molecule has 1 rings (SSSR count). The van der Waals surface area contributed by atoms with E-state index in [2.05, 4.69) is 0 Å². The molecule has 136 valence electrons. The monoisotopic (exact) mass is 350 g/mol. The van der Waals surface area contributed by atoms with Gasteiger partial charge in [0.2, 0.25) is 0 Å². The molecular formula is C16H22N4O5. The van der Waals surface area contributed by atoms with Gasteiger partial charge in [0.05, 0.1) is 13.2 Å². The third-order valence-electron chi connectivity index (χ3n) is 3.43. The van der Waals surface area contributed by atoms with Crippen molar-refractivity contribution in [2.24, 2.45) is 0 Å². The average Bonchev–Trinajstić information content (AvgIpc) is 2.59. The number of carbonyl (C=O) groups is 2. The SMILES string of the molecule is CCCCOC(=O)c1c(C(=O)OCCCC)c(N)n(N)c(=O)c1C#N. The van der Waals surface area contributed by atoms with Crippen molar-refractivity contribution >= 4 is 17.8 Å². The summed E-state index contributed by atoms with van der Waals surface area (Å²) in [5, 5.41) is 9.24. The van der Waals surface area contributed by atoms with Gasteiger partial charge in [0.25, 0.3) is 5.56 Å². The molecule has 0 saturated carbocycles. The van der Waals surface area contributed by atoms with Crippen molar-refractivity contribution in [3.8, 4) is 6.07 Å². The number of nitrogen functional groups attached to an aromatic ring is 2. The van der Waals surface area contributed by atoms with Gasteiger partial charge in [-0.1, -0.05) is 26.7 Å². The first kappa shape index (κ1) is 20.0. The van der Waals surface area contributed by atoms with Gasteiger partial charge in [0.15, 0.2) is 0 Å². The average molecular weight is 350 g/mol. The number of unbranched alkanes of at least 4 members (excludes halogenated alkanes) is 2. The molecule has 0 aliphatic rings. The van der Waals surface area contributed by atoms with E-state index >= 15 is 0 Å². The molecule has 0 bridgehead atoms. The number of pyridine rings is 1. The third-order valence-corrected chi connectivity index (χ3v) is 3.43. The van der Waals surface area contributed by atoms with Crippen LogP contribution in [0.15, 0.2) is 4.79 Å². The van der Waals surface area contributed by atoms with E-state index in [0.717, 1.165) is 12.8 Å². The topological polar surface area (TPSA) is 150 Å². The molecule has 0 saturated heterocycles. The number of hydrogen-bond donors (Lipinski definition) is 2. The van der Waals surface area contributed by atoms with Gasteiger partial charge in [-0.2, -0.15) is 5.26 Å². The van der Waals surface area contributed by atoms with Gasteiger partial charge < -0.3 is 21.1 Å². The molecule has 1 aromatic heterocycles. The highest BCUT2D eigenvalue weighted by Crippen LogP contribution is 2.20. The first-order valence-corrected chi connectivity index (χ1v) is 7.98. The number of aromatic nitrogens is 1.